The quantitative estimate of drug-likeness (QED) is 0.0794. The molecule has 0 saturated carbocycles. The molecule has 4 aromatic carbocycles. The molecule has 0 aliphatic carbocycles. The van der Waals surface area contributed by atoms with Crippen molar-refractivity contribution in [2.24, 2.45) is 0 Å². The third-order valence-electron chi connectivity index (χ3n) is 17.9. The highest BCUT2D eigenvalue weighted by molar-refractivity contribution is 7.90. The summed E-state index contributed by atoms with van der Waals surface area (Å²) in [4.78, 5) is 0.559. The van der Waals surface area contributed by atoms with Crippen molar-refractivity contribution < 1.29 is 33.7 Å². The summed E-state index contributed by atoms with van der Waals surface area (Å²) in [5.74, 6) is -1.65. The molecule has 512 valence electrons. The maximum absolute atomic E-state index is 16.3. The zero-order valence-corrected chi connectivity index (χ0v) is 64.0. The lowest BCUT2D eigenvalue weighted by Gasteiger charge is -2.34. The van der Waals surface area contributed by atoms with Gasteiger partial charge >= 0.3 is 0 Å². The van der Waals surface area contributed by atoms with Gasteiger partial charge in [0.25, 0.3) is 0 Å². The Morgan fingerprint density at radius 2 is 0.337 bits per heavy atom. The molecule has 0 unspecified atom stereocenters. The van der Waals surface area contributed by atoms with Gasteiger partial charge in [0.1, 0.15) is 0 Å². The molecule has 92 heavy (non-hydrogen) atoms. The van der Waals surface area contributed by atoms with E-state index in [-0.39, 0.29) is 113 Å². The van der Waals surface area contributed by atoms with Crippen LogP contribution in [0.4, 0.5) is 0 Å². The maximum atomic E-state index is 16.3. The average Bonchev–Trinajstić information content (AvgIpc) is 0.781. The van der Waals surface area contributed by atoms with Gasteiger partial charge in [-0.05, 0) is 160 Å². The number of benzene rings is 4. The monoisotopic (exact) mass is 1340 g/mol. The SMILES string of the molecule is C=C1CN(S(=O)(=O)c2c(C(C)C)cc(C(C)C)cc2C(C)C)CC(=C)CN(S(=O)(=O)c2c(C(C)C)cc(C(C)C)cc2C(C)C)CC(=C)CN(S(=O)(=O)c2c(C(C)C)cc(C(C)C)cc2C(C)C)CC(=C)CN(S(=O)(=O)c2c(C(C)C)cc(C(C)C)cc2C(C)C)C1. The summed E-state index contributed by atoms with van der Waals surface area (Å²) in [6.45, 7) is 63.1. The molecule has 0 atom stereocenters. The van der Waals surface area contributed by atoms with Crippen LogP contribution in [0.15, 0.2) is 117 Å². The molecule has 12 nitrogen and oxygen atoms in total. The Labute approximate surface area is 560 Å². The Balaban J connectivity index is 1.96. The van der Waals surface area contributed by atoms with Gasteiger partial charge < -0.3 is 0 Å². The molecule has 4 aromatic rings. The van der Waals surface area contributed by atoms with Crippen molar-refractivity contribution in [3.63, 3.8) is 0 Å². The van der Waals surface area contributed by atoms with Crippen molar-refractivity contribution >= 4 is 40.1 Å². The molecule has 1 aliphatic rings. The minimum Gasteiger partial charge on any atom is -0.207 e. The smallest absolute Gasteiger partial charge is 0.207 e. The van der Waals surface area contributed by atoms with E-state index in [2.05, 4.69) is 81.7 Å². The predicted molar refractivity (Wildman–Crippen MR) is 386 cm³/mol. The zero-order chi connectivity index (χ0) is 70.1. The fourth-order valence-corrected chi connectivity index (χ4v) is 21.0. The number of hydrogen-bond donors (Lipinski definition) is 0. The molecule has 5 rings (SSSR count). The van der Waals surface area contributed by atoms with Crippen LogP contribution in [0.25, 0.3) is 0 Å². The van der Waals surface area contributed by atoms with Crippen LogP contribution < -0.4 is 0 Å². The number of sulfonamides is 4. The number of hydrogen-bond acceptors (Lipinski definition) is 8. The molecule has 0 radical (unpaired) electrons. The first kappa shape index (κ1) is 78.2. The number of nitrogens with zero attached hydrogens (tertiary/aromatic N) is 4. The predicted octanol–water partition coefficient (Wildman–Crippen LogP) is 18.5. The maximum Gasteiger partial charge on any atom is 0.244 e. The summed E-state index contributed by atoms with van der Waals surface area (Å²) in [5.41, 5.74) is 9.79. The highest BCUT2D eigenvalue weighted by atomic mass is 32.2. The van der Waals surface area contributed by atoms with Crippen LogP contribution in [-0.4, -0.2) is 103 Å². The van der Waals surface area contributed by atoms with E-state index in [9.17, 15) is 0 Å². The Morgan fingerprint density at radius 1 is 0.228 bits per heavy atom. The van der Waals surface area contributed by atoms with Gasteiger partial charge in [0, 0.05) is 52.4 Å². The molecular formula is C76H116N4O8S4. The summed E-state index contributed by atoms with van der Waals surface area (Å²) < 4.78 is 136. The van der Waals surface area contributed by atoms with E-state index in [4.69, 9.17) is 0 Å². The van der Waals surface area contributed by atoms with Gasteiger partial charge in [-0.2, -0.15) is 17.2 Å². The van der Waals surface area contributed by atoms with Gasteiger partial charge in [-0.3, -0.25) is 0 Å². The fourth-order valence-electron chi connectivity index (χ4n) is 12.4. The zero-order valence-electron chi connectivity index (χ0n) is 60.7. The van der Waals surface area contributed by atoms with Gasteiger partial charge in [0.2, 0.25) is 40.1 Å². The Bertz CT molecular complexity index is 3210. The Kier molecular flexibility index (Phi) is 26.1. The molecule has 1 aliphatic heterocycles. The lowest BCUT2D eigenvalue weighted by molar-refractivity contribution is 0.392. The first-order chi connectivity index (χ1) is 42.2. The van der Waals surface area contributed by atoms with E-state index in [1.807, 2.05) is 159 Å². The largest absolute Gasteiger partial charge is 0.244 e. The van der Waals surface area contributed by atoms with E-state index in [1.165, 1.54) is 17.2 Å². The first-order valence-electron chi connectivity index (χ1n) is 33.6. The molecule has 1 saturated heterocycles. The van der Waals surface area contributed by atoms with Gasteiger partial charge in [0.05, 0.1) is 19.6 Å². The number of rotatable bonds is 20. The van der Waals surface area contributed by atoms with Gasteiger partial charge in [-0.1, -0.05) is 241 Å². The lowest BCUT2D eigenvalue weighted by atomic mass is 9.89. The van der Waals surface area contributed by atoms with Crippen molar-refractivity contribution in [2.45, 2.75) is 257 Å². The fraction of sp³-hybridized carbons (Fsp3) is 0.579. The summed E-state index contributed by atoms with van der Waals surface area (Å²) in [6.07, 6.45) is 0. The molecule has 0 spiro atoms. The standard InChI is InChI=1S/C76H116N4O8S4/c1-45(2)61-29-65(49(9)10)73(66(30-61)50(11)12)89(81,82)77-37-57(25)39-78(90(83,84)74-67(51(13)14)31-62(46(3)4)32-68(74)52(15)16)41-59(27)43-80(92(87,88)76-71(55(21)22)35-64(48(7)8)36-72(76)56(23)24)44-60(28)42-79(40-58(26)38-77)91(85,86)75-69(53(17)18)33-63(47(5)6)34-70(75)54(19)20/h29-36,45-56H,25-28,37-44H2,1-24H3. The van der Waals surface area contributed by atoms with Crippen LogP contribution in [0.3, 0.4) is 0 Å². The second-order valence-corrected chi connectivity index (χ2v) is 37.6. The van der Waals surface area contributed by atoms with Gasteiger partial charge in [-0.25, -0.2) is 33.7 Å². The van der Waals surface area contributed by atoms with Crippen molar-refractivity contribution in [1.82, 2.24) is 17.2 Å². The van der Waals surface area contributed by atoms with Crippen LogP contribution >= 0.6 is 0 Å². The molecule has 1 heterocycles. The minimum atomic E-state index is -4.58. The van der Waals surface area contributed by atoms with Crippen LogP contribution in [0, 0.1) is 0 Å². The Hall–Kier alpha value is -4.52. The second kappa shape index (κ2) is 30.7. The molecule has 0 N–H and O–H groups in total. The lowest BCUT2D eigenvalue weighted by Crippen LogP contribution is -2.44. The van der Waals surface area contributed by atoms with Crippen LogP contribution in [0.2, 0.25) is 0 Å². The van der Waals surface area contributed by atoms with E-state index in [1.54, 1.807) is 0 Å². The van der Waals surface area contributed by atoms with E-state index >= 15 is 33.7 Å². The first-order valence-corrected chi connectivity index (χ1v) is 39.4. The molecule has 0 amide bonds. The molecule has 16 heteroatoms. The van der Waals surface area contributed by atoms with Crippen LogP contribution in [-0.2, 0) is 40.1 Å². The average molecular weight is 1340 g/mol. The third-order valence-corrected chi connectivity index (χ3v) is 25.6. The van der Waals surface area contributed by atoms with Crippen LogP contribution in [0.1, 0.15) is 304 Å². The highest BCUT2D eigenvalue weighted by Gasteiger charge is 2.41. The van der Waals surface area contributed by atoms with Gasteiger partial charge in [0.15, 0.2) is 0 Å². The molecular weight excluding hydrogens is 1230 g/mol. The second-order valence-electron chi connectivity index (χ2n) is 30.1. The van der Waals surface area contributed by atoms with E-state index in [0.29, 0.717) is 44.5 Å². The van der Waals surface area contributed by atoms with Crippen molar-refractivity contribution in [3.05, 3.63) is 164 Å². The van der Waals surface area contributed by atoms with E-state index < -0.39 is 92.5 Å². The minimum absolute atomic E-state index is 0.0797. The van der Waals surface area contributed by atoms with Crippen molar-refractivity contribution in [3.8, 4) is 0 Å². The van der Waals surface area contributed by atoms with E-state index in [0.717, 1.165) is 22.3 Å². The molecule has 1 fully saturated rings. The summed E-state index contributed by atoms with van der Waals surface area (Å²) >= 11 is 0. The normalized spacial score (nSPS) is 16.5. The highest BCUT2D eigenvalue weighted by Crippen LogP contribution is 2.43. The molecule has 0 bridgehead atoms. The van der Waals surface area contributed by atoms with Crippen LogP contribution in [0.5, 0.6) is 0 Å². The summed E-state index contributed by atoms with van der Waals surface area (Å²) in [5, 5.41) is 0. The topological polar surface area (TPSA) is 150 Å². The van der Waals surface area contributed by atoms with Crippen molar-refractivity contribution in [1.29, 1.82) is 0 Å². The van der Waals surface area contributed by atoms with Crippen molar-refractivity contribution in [2.75, 3.05) is 52.4 Å². The van der Waals surface area contributed by atoms with Gasteiger partial charge in [-0.15, -0.1) is 0 Å². The summed E-state index contributed by atoms with van der Waals surface area (Å²) in [7, 11) is -18.3. The molecule has 0 aromatic heterocycles. The Morgan fingerprint density at radius 3 is 0.424 bits per heavy atom. The third kappa shape index (κ3) is 17.4. The summed E-state index contributed by atoms with van der Waals surface area (Å²) in [6, 6.07) is 15.8.